The highest BCUT2D eigenvalue weighted by atomic mass is 16.5. The lowest BCUT2D eigenvalue weighted by molar-refractivity contribution is 0.244. The summed E-state index contributed by atoms with van der Waals surface area (Å²) in [6.07, 6.45) is 4.25. The Kier molecular flexibility index (Phi) is 6.05. The molecule has 0 aliphatic heterocycles. The molecule has 0 aliphatic carbocycles. The van der Waals surface area contributed by atoms with Crippen LogP contribution in [0.4, 0.5) is 4.79 Å². The fourth-order valence-corrected chi connectivity index (χ4v) is 1.97. The Morgan fingerprint density at radius 3 is 2.73 bits per heavy atom. The third-order valence-corrected chi connectivity index (χ3v) is 3.13. The van der Waals surface area contributed by atoms with Crippen molar-refractivity contribution in [3.63, 3.8) is 0 Å². The van der Waals surface area contributed by atoms with Crippen molar-refractivity contribution < 1.29 is 9.53 Å². The van der Waals surface area contributed by atoms with Crippen LogP contribution in [0.25, 0.3) is 6.08 Å². The van der Waals surface area contributed by atoms with Crippen molar-refractivity contribution in [1.29, 1.82) is 0 Å². The number of hydrogen-bond donors (Lipinski definition) is 2. The van der Waals surface area contributed by atoms with Crippen LogP contribution in [0.1, 0.15) is 11.1 Å². The minimum atomic E-state index is -0.213. The summed E-state index contributed by atoms with van der Waals surface area (Å²) in [5.41, 5.74) is 2.17. The van der Waals surface area contributed by atoms with Gasteiger partial charge in [-0.3, -0.25) is 0 Å². The molecule has 2 rings (SSSR count). The zero-order valence-electron chi connectivity index (χ0n) is 12.6. The summed E-state index contributed by atoms with van der Waals surface area (Å²) in [6, 6.07) is 17.4. The lowest BCUT2D eigenvalue weighted by atomic mass is 10.1. The van der Waals surface area contributed by atoms with E-state index in [0.717, 1.165) is 17.7 Å². The number of ether oxygens (including phenoxy) is 1. The molecule has 2 amide bonds. The standard InChI is InChI=1S/C18H20N2O2/c1-22-17-9-5-8-16(14-17)11-13-20-18(21)19-12-10-15-6-3-2-4-7-15/h2-9,11,13-14H,10,12H2,1H3,(H2,19,20,21)/b13-11+. The van der Waals surface area contributed by atoms with Gasteiger partial charge in [0, 0.05) is 12.7 Å². The average Bonchev–Trinajstić information content (AvgIpc) is 2.56. The lowest BCUT2D eigenvalue weighted by Gasteiger charge is -2.05. The van der Waals surface area contributed by atoms with Gasteiger partial charge in [-0.15, -0.1) is 0 Å². The number of carbonyl (C=O) groups excluding carboxylic acids is 1. The van der Waals surface area contributed by atoms with E-state index in [1.807, 2.05) is 60.7 Å². The summed E-state index contributed by atoms with van der Waals surface area (Å²) in [5, 5.41) is 5.50. The number of carbonyl (C=O) groups is 1. The first-order valence-corrected chi connectivity index (χ1v) is 7.17. The number of methoxy groups -OCH3 is 1. The first-order chi connectivity index (χ1) is 10.8. The molecule has 0 heterocycles. The smallest absolute Gasteiger partial charge is 0.318 e. The van der Waals surface area contributed by atoms with Gasteiger partial charge in [-0.2, -0.15) is 0 Å². The molecule has 2 aromatic carbocycles. The molecule has 0 spiro atoms. The number of hydrogen-bond acceptors (Lipinski definition) is 2. The number of benzene rings is 2. The summed E-state index contributed by atoms with van der Waals surface area (Å²) in [6.45, 7) is 0.600. The molecular weight excluding hydrogens is 276 g/mol. The second-order valence-corrected chi connectivity index (χ2v) is 4.75. The number of amides is 2. The highest BCUT2D eigenvalue weighted by molar-refractivity contribution is 5.75. The van der Waals surface area contributed by atoms with Crippen LogP contribution in [0, 0.1) is 0 Å². The molecule has 2 aromatic rings. The van der Waals surface area contributed by atoms with Gasteiger partial charge in [0.1, 0.15) is 5.75 Å². The molecule has 0 bridgehead atoms. The predicted molar refractivity (Wildman–Crippen MR) is 88.7 cm³/mol. The van der Waals surface area contributed by atoms with Crippen LogP contribution >= 0.6 is 0 Å². The summed E-state index contributed by atoms with van der Waals surface area (Å²) >= 11 is 0. The van der Waals surface area contributed by atoms with Gasteiger partial charge >= 0.3 is 6.03 Å². The second kappa shape index (κ2) is 8.52. The Hall–Kier alpha value is -2.75. The van der Waals surface area contributed by atoms with E-state index in [1.54, 1.807) is 13.3 Å². The molecule has 0 saturated carbocycles. The molecule has 4 nitrogen and oxygen atoms in total. The van der Waals surface area contributed by atoms with E-state index >= 15 is 0 Å². The van der Waals surface area contributed by atoms with E-state index in [9.17, 15) is 4.79 Å². The normalized spacial score (nSPS) is 10.4. The van der Waals surface area contributed by atoms with E-state index in [2.05, 4.69) is 10.6 Å². The Bertz CT molecular complexity index is 624. The zero-order valence-corrected chi connectivity index (χ0v) is 12.6. The van der Waals surface area contributed by atoms with E-state index < -0.39 is 0 Å². The molecule has 2 N–H and O–H groups in total. The van der Waals surface area contributed by atoms with E-state index in [1.165, 1.54) is 5.56 Å². The molecule has 4 heteroatoms. The molecule has 0 aliphatic rings. The Labute approximate surface area is 130 Å². The zero-order chi connectivity index (χ0) is 15.6. The van der Waals surface area contributed by atoms with Gasteiger partial charge in [0.2, 0.25) is 0 Å². The predicted octanol–water partition coefficient (Wildman–Crippen LogP) is 3.21. The fourth-order valence-electron chi connectivity index (χ4n) is 1.97. The van der Waals surface area contributed by atoms with E-state index in [4.69, 9.17) is 4.74 Å². The Morgan fingerprint density at radius 2 is 1.95 bits per heavy atom. The van der Waals surface area contributed by atoms with E-state index in [-0.39, 0.29) is 6.03 Å². The quantitative estimate of drug-likeness (QED) is 0.860. The van der Waals surface area contributed by atoms with Crippen molar-refractivity contribution in [3.8, 4) is 5.75 Å². The first kappa shape index (κ1) is 15.6. The van der Waals surface area contributed by atoms with Crippen LogP contribution in [0.3, 0.4) is 0 Å². The van der Waals surface area contributed by atoms with Crippen molar-refractivity contribution >= 4 is 12.1 Å². The van der Waals surface area contributed by atoms with Gasteiger partial charge in [-0.1, -0.05) is 42.5 Å². The van der Waals surface area contributed by atoms with Gasteiger partial charge in [0.25, 0.3) is 0 Å². The number of rotatable bonds is 6. The van der Waals surface area contributed by atoms with Gasteiger partial charge in [0.15, 0.2) is 0 Å². The Balaban J connectivity index is 1.72. The summed E-state index contributed by atoms with van der Waals surface area (Å²) in [4.78, 5) is 11.6. The topological polar surface area (TPSA) is 50.4 Å². The molecule has 0 saturated heterocycles. The van der Waals surface area contributed by atoms with Gasteiger partial charge < -0.3 is 15.4 Å². The summed E-state index contributed by atoms with van der Waals surface area (Å²) in [7, 11) is 1.63. The monoisotopic (exact) mass is 296 g/mol. The van der Waals surface area contributed by atoms with Crippen LogP contribution in [0.15, 0.2) is 60.8 Å². The molecular formula is C18H20N2O2. The van der Waals surface area contributed by atoms with Crippen molar-refractivity contribution in [3.05, 3.63) is 71.9 Å². The molecule has 114 valence electrons. The van der Waals surface area contributed by atoms with Crippen molar-refractivity contribution in [1.82, 2.24) is 10.6 Å². The minimum Gasteiger partial charge on any atom is -0.497 e. The number of nitrogens with one attached hydrogen (secondary N) is 2. The van der Waals surface area contributed by atoms with Crippen LogP contribution in [0.5, 0.6) is 5.75 Å². The van der Waals surface area contributed by atoms with Crippen LogP contribution < -0.4 is 15.4 Å². The van der Waals surface area contributed by atoms with Gasteiger partial charge in [-0.05, 0) is 35.8 Å². The van der Waals surface area contributed by atoms with Crippen LogP contribution in [0.2, 0.25) is 0 Å². The van der Waals surface area contributed by atoms with Crippen LogP contribution in [-0.4, -0.2) is 19.7 Å². The van der Waals surface area contributed by atoms with Crippen LogP contribution in [-0.2, 0) is 6.42 Å². The van der Waals surface area contributed by atoms with E-state index in [0.29, 0.717) is 6.54 Å². The molecule has 0 fully saturated rings. The van der Waals surface area contributed by atoms with Crippen molar-refractivity contribution in [2.24, 2.45) is 0 Å². The maximum atomic E-state index is 11.6. The number of urea groups is 1. The molecule has 0 atom stereocenters. The van der Waals surface area contributed by atoms with Gasteiger partial charge in [-0.25, -0.2) is 4.79 Å². The molecule has 0 radical (unpaired) electrons. The van der Waals surface area contributed by atoms with Crippen molar-refractivity contribution in [2.45, 2.75) is 6.42 Å². The summed E-state index contributed by atoms with van der Waals surface area (Å²) in [5.74, 6) is 0.787. The van der Waals surface area contributed by atoms with Crippen molar-refractivity contribution in [2.75, 3.05) is 13.7 Å². The highest BCUT2D eigenvalue weighted by Gasteiger charge is 1.97. The maximum absolute atomic E-state index is 11.6. The maximum Gasteiger partial charge on any atom is 0.318 e. The molecule has 0 aromatic heterocycles. The average molecular weight is 296 g/mol. The second-order valence-electron chi connectivity index (χ2n) is 4.75. The minimum absolute atomic E-state index is 0.213. The lowest BCUT2D eigenvalue weighted by Crippen LogP contribution is -2.33. The summed E-state index contributed by atoms with van der Waals surface area (Å²) < 4.78 is 5.14. The highest BCUT2D eigenvalue weighted by Crippen LogP contribution is 2.13. The third-order valence-electron chi connectivity index (χ3n) is 3.13. The fraction of sp³-hybridized carbons (Fsp3) is 0.167. The largest absolute Gasteiger partial charge is 0.497 e. The molecule has 0 unspecified atom stereocenters. The third kappa shape index (κ3) is 5.32. The first-order valence-electron chi connectivity index (χ1n) is 7.17. The molecule has 22 heavy (non-hydrogen) atoms. The SMILES string of the molecule is COc1cccc(/C=C/NC(=O)NCCc2ccccc2)c1. The Morgan fingerprint density at radius 1 is 1.14 bits per heavy atom. The van der Waals surface area contributed by atoms with Gasteiger partial charge in [0.05, 0.1) is 7.11 Å².